The maximum Gasteiger partial charge on any atom is 0.322 e. The van der Waals surface area contributed by atoms with Gasteiger partial charge in [-0.3, -0.25) is 0 Å². The van der Waals surface area contributed by atoms with Gasteiger partial charge in [0, 0.05) is 26.2 Å². The second kappa shape index (κ2) is 7.28. The Morgan fingerprint density at radius 1 is 1.19 bits per heavy atom. The number of nitrogens with zero attached hydrogens (tertiary/aromatic N) is 3. The molecule has 1 fully saturated rings. The molecule has 0 unspecified atom stereocenters. The predicted octanol–water partition coefficient (Wildman–Crippen LogP) is 2.28. The van der Waals surface area contributed by atoms with Gasteiger partial charge in [-0.15, -0.1) is 0 Å². The van der Waals surface area contributed by atoms with E-state index in [2.05, 4.69) is 10.5 Å². The van der Waals surface area contributed by atoms with Gasteiger partial charge in [-0.2, -0.15) is 4.31 Å². The molecular formula is C17H21FN4O4S. The molecule has 0 atom stereocenters. The van der Waals surface area contributed by atoms with Crippen molar-refractivity contribution in [3.05, 3.63) is 41.0 Å². The Morgan fingerprint density at radius 3 is 2.44 bits per heavy atom. The van der Waals surface area contributed by atoms with Gasteiger partial charge in [-0.1, -0.05) is 11.2 Å². The third-order valence-electron chi connectivity index (χ3n) is 4.46. The lowest BCUT2D eigenvalue weighted by molar-refractivity contribution is 0.184. The number of anilines is 1. The highest BCUT2D eigenvalue weighted by atomic mass is 32.2. The van der Waals surface area contributed by atoms with Crippen molar-refractivity contribution in [2.24, 2.45) is 0 Å². The van der Waals surface area contributed by atoms with Crippen LogP contribution in [-0.4, -0.2) is 55.0 Å². The van der Waals surface area contributed by atoms with Crippen molar-refractivity contribution in [3.63, 3.8) is 0 Å². The van der Waals surface area contributed by atoms with E-state index in [4.69, 9.17) is 4.52 Å². The van der Waals surface area contributed by atoms with Crippen molar-refractivity contribution < 1.29 is 22.1 Å². The number of amides is 2. The maximum absolute atomic E-state index is 13.8. The number of aryl methyl sites for hydroxylation is 3. The van der Waals surface area contributed by atoms with Crippen LogP contribution in [0.15, 0.2) is 27.6 Å². The number of piperazine rings is 1. The average molecular weight is 396 g/mol. The summed E-state index contributed by atoms with van der Waals surface area (Å²) in [6.07, 6.45) is 0. The second-order valence-corrected chi connectivity index (χ2v) is 8.33. The van der Waals surface area contributed by atoms with Crippen LogP contribution in [0.5, 0.6) is 0 Å². The van der Waals surface area contributed by atoms with Crippen LogP contribution in [0.4, 0.5) is 14.9 Å². The van der Waals surface area contributed by atoms with Crippen LogP contribution in [0.25, 0.3) is 0 Å². The highest BCUT2D eigenvalue weighted by molar-refractivity contribution is 7.89. The summed E-state index contributed by atoms with van der Waals surface area (Å²) in [6.45, 7) is 5.58. The highest BCUT2D eigenvalue weighted by Crippen LogP contribution is 2.24. The zero-order valence-corrected chi connectivity index (χ0v) is 16.1. The molecule has 1 aromatic carbocycles. The number of hydrogen-bond acceptors (Lipinski definition) is 5. The lowest BCUT2D eigenvalue weighted by Crippen LogP contribution is -2.51. The minimum atomic E-state index is -3.74. The quantitative estimate of drug-likeness (QED) is 0.859. The molecule has 10 heteroatoms. The van der Waals surface area contributed by atoms with Gasteiger partial charge in [0.25, 0.3) is 0 Å². The average Bonchev–Trinajstić information content (AvgIpc) is 2.97. The van der Waals surface area contributed by atoms with E-state index >= 15 is 0 Å². The number of rotatable bonds is 3. The van der Waals surface area contributed by atoms with Gasteiger partial charge in [0.1, 0.15) is 16.4 Å². The van der Waals surface area contributed by atoms with Crippen LogP contribution in [-0.2, 0) is 10.0 Å². The van der Waals surface area contributed by atoms with Gasteiger partial charge in [0.15, 0.2) is 5.76 Å². The molecule has 0 saturated carbocycles. The van der Waals surface area contributed by atoms with Gasteiger partial charge in [0.05, 0.1) is 5.69 Å². The lowest BCUT2D eigenvalue weighted by Gasteiger charge is -2.33. The maximum atomic E-state index is 13.8. The molecule has 8 nitrogen and oxygen atoms in total. The van der Waals surface area contributed by atoms with Crippen molar-refractivity contribution in [2.75, 3.05) is 31.5 Å². The molecule has 2 amide bonds. The number of hydrogen-bond donors (Lipinski definition) is 1. The molecule has 27 heavy (non-hydrogen) atoms. The van der Waals surface area contributed by atoms with E-state index in [1.807, 2.05) is 0 Å². The Morgan fingerprint density at radius 2 is 1.85 bits per heavy atom. The fourth-order valence-corrected chi connectivity index (χ4v) is 4.75. The van der Waals surface area contributed by atoms with Gasteiger partial charge in [-0.05, 0) is 38.5 Å². The molecule has 1 N–H and O–H groups in total. The first-order valence-electron chi connectivity index (χ1n) is 8.45. The molecule has 146 valence electrons. The Balaban J connectivity index is 1.66. The van der Waals surface area contributed by atoms with Crippen molar-refractivity contribution in [1.29, 1.82) is 0 Å². The zero-order valence-electron chi connectivity index (χ0n) is 15.3. The fraction of sp³-hybridized carbons (Fsp3) is 0.412. The Bertz CT molecular complexity index is 946. The summed E-state index contributed by atoms with van der Waals surface area (Å²) < 4.78 is 45.7. The van der Waals surface area contributed by atoms with Crippen molar-refractivity contribution >= 4 is 21.7 Å². The first kappa shape index (κ1) is 19.3. The number of urea groups is 1. The van der Waals surface area contributed by atoms with Gasteiger partial charge < -0.3 is 14.7 Å². The smallest absolute Gasteiger partial charge is 0.322 e. The van der Waals surface area contributed by atoms with Crippen molar-refractivity contribution in [3.8, 4) is 0 Å². The fourth-order valence-electron chi connectivity index (χ4n) is 3.03. The van der Waals surface area contributed by atoms with Crippen LogP contribution >= 0.6 is 0 Å². The first-order chi connectivity index (χ1) is 12.7. The molecule has 0 spiro atoms. The van der Waals surface area contributed by atoms with E-state index < -0.39 is 21.9 Å². The molecule has 1 aliphatic rings. The lowest BCUT2D eigenvalue weighted by atomic mass is 10.2. The van der Waals surface area contributed by atoms with Crippen LogP contribution < -0.4 is 5.32 Å². The van der Waals surface area contributed by atoms with Crippen LogP contribution in [0.3, 0.4) is 0 Å². The summed E-state index contributed by atoms with van der Waals surface area (Å²) in [5.41, 5.74) is 1.23. The third kappa shape index (κ3) is 3.81. The molecule has 2 aromatic rings. The van der Waals surface area contributed by atoms with Gasteiger partial charge >= 0.3 is 6.03 Å². The number of benzene rings is 1. The molecule has 2 heterocycles. The minimum absolute atomic E-state index is 0.0715. The second-order valence-electron chi connectivity index (χ2n) is 6.46. The summed E-state index contributed by atoms with van der Waals surface area (Å²) in [6, 6.07) is 3.99. The number of carbonyl (C=O) groups excluding carboxylic acids is 1. The largest absolute Gasteiger partial charge is 0.360 e. The molecule has 0 bridgehead atoms. The van der Waals surface area contributed by atoms with Crippen LogP contribution in [0.2, 0.25) is 0 Å². The van der Waals surface area contributed by atoms with Crippen LogP contribution in [0.1, 0.15) is 17.0 Å². The summed E-state index contributed by atoms with van der Waals surface area (Å²) in [5.74, 6) is -0.281. The number of carbonyl (C=O) groups is 1. The monoisotopic (exact) mass is 396 g/mol. The van der Waals surface area contributed by atoms with E-state index in [1.165, 1.54) is 15.3 Å². The van der Waals surface area contributed by atoms with E-state index in [1.54, 1.807) is 32.9 Å². The van der Waals surface area contributed by atoms with Crippen LogP contribution in [0, 0.1) is 26.6 Å². The predicted molar refractivity (Wildman–Crippen MR) is 96.5 cm³/mol. The van der Waals surface area contributed by atoms with E-state index in [0.717, 1.165) is 5.56 Å². The van der Waals surface area contributed by atoms with E-state index in [-0.39, 0.29) is 42.5 Å². The first-order valence-corrected chi connectivity index (χ1v) is 9.89. The zero-order chi connectivity index (χ0) is 19.8. The summed E-state index contributed by atoms with van der Waals surface area (Å²) in [5, 5.41) is 6.23. The van der Waals surface area contributed by atoms with E-state index in [9.17, 15) is 17.6 Å². The molecule has 0 radical (unpaired) electrons. The Kier molecular flexibility index (Phi) is 5.20. The normalized spacial score (nSPS) is 15.8. The third-order valence-corrected chi connectivity index (χ3v) is 6.60. The topological polar surface area (TPSA) is 95.8 Å². The number of sulfonamides is 1. The van der Waals surface area contributed by atoms with Crippen molar-refractivity contribution in [1.82, 2.24) is 14.4 Å². The summed E-state index contributed by atoms with van der Waals surface area (Å²) in [4.78, 5) is 13.9. The molecule has 0 aliphatic carbocycles. The van der Waals surface area contributed by atoms with Gasteiger partial charge in [0.2, 0.25) is 10.0 Å². The van der Waals surface area contributed by atoms with E-state index in [0.29, 0.717) is 5.69 Å². The molecular weight excluding hydrogens is 375 g/mol. The minimum Gasteiger partial charge on any atom is -0.360 e. The molecule has 1 aliphatic heterocycles. The summed E-state index contributed by atoms with van der Waals surface area (Å²) >= 11 is 0. The van der Waals surface area contributed by atoms with Crippen molar-refractivity contribution in [2.45, 2.75) is 25.7 Å². The summed E-state index contributed by atoms with van der Waals surface area (Å²) in [7, 11) is -3.74. The molecule has 3 rings (SSSR count). The molecule has 1 aromatic heterocycles. The van der Waals surface area contributed by atoms with Gasteiger partial charge in [-0.25, -0.2) is 17.6 Å². The standard InChI is InChI=1S/C17H21FN4O4S/c1-11-4-5-14(18)15(10-11)19-17(23)21-6-8-22(9-7-21)27(24,25)16-12(2)20-26-13(16)3/h4-5,10H,6-9H2,1-3H3,(H,19,23). The Labute approximate surface area is 157 Å². The number of halogens is 1. The SMILES string of the molecule is Cc1ccc(F)c(NC(=O)N2CCN(S(=O)(=O)c3c(C)noc3C)CC2)c1. The Hall–Kier alpha value is -2.46. The highest BCUT2D eigenvalue weighted by Gasteiger charge is 2.34. The molecule has 1 saturated heterocycles. The number of aromatic nitrogens is 1. The number of nitrogens with one attached hydrogen (secondary N) is 1.